The van der Waals surface area contributed by atoms with Crippen LogP contribution >= 0.6 is 0 Å². The second-order valence-corrected chi connectivity index (χ2v) is 9.69. The largest absolute Gasteiger partial charge is 0.350 e. The molecule has 0 aliphatic heterocycles. The minimum Gasteiger partial charge on any atom is -0.350 e. The van der Waals surface area contributed by atoms with Gasteiger partial charge in [0.05, 0.1) is 17.2 Å². The number of amides is 1. The highest BCUT2D eigenvalue weighted by molar-refractivity contribution is 7.85. The van der Waals surface area contributed by atoms with Gasteiger partial charge in [0.25, 0.3) is 10.1 Å². The van der Waals surface area contributed by atoms with Gasteiger partial charge in [0.2, 0.25) is 5.91 Å². The first-order valence-electron chi connectivity index (χ1n) is 6.99. The molecule has 0 aromatic carbocycles. The van der Waals surface area contributed by atoms with Crippen LogP contribution in [0.5, 0.6) is 0 Å². The summed E-state index contributed by atoms with van der Waals surface area (Å²) in [5, 5.41) is 2.68. The Labute approximate surface area is 128 Å². The van der Waals surface area contributed by atoms with E-state index in [1.807, 2.05) is 20.8 Å². The maximum atomic E-state index is 12.5. The summed E-state index contributed by atoms with van der Waals surface area (Å²) < 4.78 is 31.0. The van der Waals surface area contributed by atoms with Crippen molar-refractivity contribution in [3.05, 3.63) is 0 Å². The normalized spacial score (nSPS) is 15.7. The van der Waals surface area contributed by atoms with Gasteiger partial charge in [-0.3, -0.25) is 9.35 Å². The molecule has 21 heavy (non-hydrogen) atoms. The molecule has 4 N–H and O–H groups in total. The third-order valence-corrected chi connectivity index (χ3v) is 4.12. The summed E-state index contributed by atoms with van der Waals surface area (Å²) in [6.45, 7) is 12.7. The van der Waals surface area contributed by atoms with Crippen LogP contribution in [0.15, 0.2) is 0 Å². The first-order valence-corrected chi connectivity index (χ1v) is 8.60. The lowest BCUT2D eigenvalue weighted by atomic mass is 9.75. The molecule has 0 rings (SSSR count). The first kappa shape index (κ1) is 20.3. The van der Waals surface area contributed by atoms with Gasteiger partial charge in [-0.2, -0.15) is 8.42 Å². The molecule has 0 radical (unpaired) electrons. The molecule has 0 aliphatic carbocycles. The zero-order valence-corrected chi connectivity index (χ0v) is 15.0. The maximum Gasteiger partial charge on any atom is 0.267 e. The standard InChI is InChI=1S/C14H30N2O4S/c1-12(2,3)8-10(14(6,7)15)11(17)16-13(4,5)9-21(18,19)20/h10H,8-9,15H2,1-7H3,(H,16,17)(H,18,19,20). The van der Waals surface area contributed by atoms with Crippen molar-refractivity contribution in [2.24, 2.45) is 17.1 Å². The van der Waals surface area contributed by atoms with Crippen molar-refractivity contribution in [1.82, 2.24) is 5.32 Å². The summed E-state index contributed by atoms with van der Waals surface area (Å²) in [5.41, 5.74) is 4.22. The van der Waals surface area contributed by atoms with E-state index in [-0.39, 0.29) is 11.3 Å². The van der Waals surface area contributed by atoms with Gasteiger partial charge in [-0.05, 0) is 39.5 Å². The fourth-order valence-electron chi connectivity index (χ4n) is 2.22. The second kappa shape index (κ2) is 6.22. The molecule has 0 bridgehead atoms. The molecule has 0 saturated carbocycles. The van der Waals surface area contributed by atoms with Crippen molar-refractivity contribution in [3.8, 4) is 0 Å². The fraction of sp³-hybridized carbons (Fsp3) is 0.929. The monoisotopic (exact) mass is 322 g/mol. The third-order valence-electron chi connectivity index (χ3n) is 3.04. The lowest BCUT2D eigenvalue weighted by molar-refractivity contribution is -0.129. The summed E-state index contributed by atoms with van der Waals surface area (Å²) in [6.07, 6.45) is 0.574. The van der Waals surface area contributed by atoms with Crippen molar-refractivity contribution < 1.29 is 17.8 Å². The van der Waals surface area contributed by atoms with Crippen molar-refractivity contribution in [2.75, 3.05) is 5.75 Å². The van der Waals surface area contributed by atoms with E-state index in [1.165, 1.54) is 0 Å². The van der Waals surface area contributed by atoms with Gasteiger partial charge in [-0.1, -0.05) is 20.8 Å². The van der Waals surface area contributed by atoms with Crippen molar-refractivity contribution >= 4 is 16.0 Å². The average Bonchev–Trinajstić information content (AvgIpc) is 2.05. The average molecular weight is 322 g/mol. The van der Waals surface area contributed by atoms with Gasteiger partial charge in [0.15, 0.2) is 0 Å². The summed E-state index contributed by atoms with van der Waals surface area (Å²) in [4.78, 5) is 12.5. The van der Waals surface area contributed by atoms with Crippen LogP contribution in [0, 0.1) is 11.3 Å². The topological polar surface area (TPSA) is 109 Å². The van der Waals surface area contributed by atoms with Gasteiger partial charge in [-0.25, -0.2) is 0 Å². The Kier molecular flexibility index (Phi) is 6.02. The zero-order chi connectivity index (χ0) is 17.3. The molecule has 0 aliphatic rings. The molecule has 0 heterocycles. The Balaban J connectivity index is 5.16. The summed E-state index contributed by atoms with van der Waals surface area (Å²) in [7, 11) is -4.17. The quantitative estimate of drug-likeness (QED) is 0.643. The van der Waals surface area contributed by atoms with Crippen LogP contribution in [0.4, 0.5) is 0 Å². The number of nitrogens with two attached hydrogens (primary N) is 1. The van der Waals surface area contributed by atoms with Crippen LogP contribution in [-0.4, -0.2) is 35.7 Å². The highest BCUT2D eigenvalue weighted by Crippen LogP contribution is 2.30. The van der Waals surface area contributed by atoms with Gasteiger partial charge >= 0.3 is 0 Å². The number of rotatable bonds is 6. The van der Waals surface area contributed by atoms with Crippen LogP contribution in [0.1, 0.15) is 54.9 Å². The lowest BCUT2D eigenvalue weighted by Gasteiger charge is -2.36. The molecule has 0 aromatic heterocycles. The number of carbonyl (C=O) groups is 1. The van der Waals surface area contributed by atoms with E-state index in [4.69, 9.17) is 10.3 Å². The first-order chi connectivity index (χ1) is 8.93. The second-order valence-electron chi connectivity index (χ2n) is 8.24. The Bertz CT molecular complexity index is 470. The SMILES string of the molecule is CC(C)(C)CC(C(=O)NC(C)(C)CS(=O)(=O)O)C(C)(C)N. The molecule has 1 atom stereocenters. The zero-order valence-electron chi connectivity index (χ0n) is 14.1. The summed E-state index contributed by atoms with van der Waals surface area (Å²) >= 11 is 0. The number of nitrogens with one attached hydrogen (secondary N) is 1. The Morgan fingerprint density at radius 3 is 1.86 bits per heavy atom. The van der Waals surface area contributed by atoms with E-state index in [9.17, 15) is 13.2 Å². The smallest absolute Gasteiger partial charge is 0.267 e. The summed E-state index contributed by atoms with van der Waals surface area (Å²) in [6, 6.07) is 0. The van der Waals surface area contributed by atoms with Crippen molar-refractivity contribution in [3.63, 3.8) is 0 Å². The van der Waals surface area contributed by atoms with Crippen molar-refractivity contribution in [2.45, 2.75) is 66.0 Å². The number of hydrogen-bond donors (Lipinski definition) is 3. The Hall–Kier alpha value is -0.660. The fourth-order valence-corrected chi connectivity index (χ4v) is 3.20. The highest BCUT2D eigenvalue weighted by Gasteiger charge is 2.38. The molecular formula is C14H30N2O4S. The summed E-state index contributed by atoms with van der Waals surface area (Å²) in [5.74, 6) is -1.30. The Morgan fingerprint density at radius 1 is 1.14 bits per heavy atom. The van der Waals surface area contributed by atoms with Crippen LogP contribution in [-0.2, 0) is 14.9 Å². The van der Waals surface area contributed by atoms with Gasteiger partial charge in [0, 0.05) is 5.54 Å². The molecule has 7 heteroatoms. The van der Waals surface area contributed by atoms with E-state index in [0.29, 0.717) is 6.42 Å². The van der Waals surface area contributed by atoms with E-state index in [1.54, 1.807) is 27.7 Å². The predicted octanol–water partition coefficient (Wildman–Crippen LogP) is 1.56. The lowest BCUT2D eigenvalue weighted by Crippen LogP contribution is -2.56. The molecule has 126 valence electrons. The van der Waals surface area contributed by atoms with Crippen LogP contribution in [0.3, 0.4) is 0 Å². The Morgan fingerprint density at radius 2 is 1.57 bits per heavy atom. The van der Waals surface area contributed by atoms with E-state index in [0.717, 1.165) is 0 Å². The van der Waals surface area contributed by atoms with E-state index < -0.39 is 32.9 Å². The van der Waals surface area contributed by atoms with E-state index >= 15 is 0 Å². The maximum absolute atomic E-state index is 12.5. The predicted molar refractivity (Wildman–Crippen MR) is 84.5 cm³/mol. The van der Waals surface area contributed by atoms with Crippen LogP contribution in [0.2, 0.25) is 0 Å². The third kappa shape index (κ3) is 9.06. The highest BCUT2D eigenvalue weighted by atomic mass is 32.2. The minimum absolute atomic E-state index is 0.0914. The van der Waals surface area contributed by atoms with Crippen LogP contribution in [0.25, 0.3) is 0 Å². The molecule has 1 amide bonds. The van der Waals surface area contributed by atoms with Crippen LogP contribution < -0.4 is 11.1 Å². The molecular weight excluding hydrogens is 292 g/mol. The number of hydrogen-bond acceptors (Lipinski definition) is 4. The van der Waals surface area contributed by atoms with Gasteiger partial charge in [0.1, 0.15) is 0 Å². The molecule has 0 fully saturated rings. The van der Waals surface area contributed by atoms with E-state index in [2.05, 4.69) is 5.32 Å². The molecule has 6 nitrogen and oxygen atoms in total. The molecule has 0 spiro atoms. The van der Waals surface area contributed by atoms with Gasteiger partial charge < -0.3 is 11.1 Å². The molecule has 0 aromatic rings. The number of carbonyl (C=O) groups excluding carboxylic acids is 1. The molecule has 0 saturated heterocycles. The minimum atomic E-state index is -4.17. The van der Waals surface area contributed by atoms with Gasteiger partial charge in [-0.15, -0.1) is 0 Å². The van der Waals surface area contributed by atoms with Crippen molar-refractivity contribution in [1.29, 1.82) is 0 Å². The molecule has 1 unspecified atom stereocenters.